The smallest absolute Gasteiger partial charge is 0.159 e. The summed E-state index contributed by atoms with van der Waals surface area (Å²) in [5.74, 6) is 2.36. The van der Waals surface area contributed by atoms with Crippen molar-refractivity contribution in [3.8, 4) is 17.1 Å². The summed E-state index contributed by atoms with van der Waals surface area (Å²) in [7, 11) is 6.07. The van der Waals surface area contributed by atoms with Gasteiger partial charge in [-0.15, -0.1) is 0 Å². The summed E-state index contributed by atoms with van der Waals surface area (Å²) in [5, 5.41) is 0. The zero-order valence-corrected chi connectivity index (χ0v) is 16.4. The molecule has 1 aromatic heterocycles. The van der Waals surface area contributed by atoms with Gasteiger partial charge in [0, 0.05) is 49.2 Å². The van der Waals surface area contributed by atoms with E-state index in [1.807, 2.05) is 36.7 Å². The van der Waals surface area contributed by atoms with Gasteiger partial charge in [-0.2, -0.15) is 0 Å². The van der Waals surface area contributed by atoms with Gasteiger partial charge in [-0.3, -0.25) is 4.90 Å². The molecule has 0 saturated carbocycles. The molecule has 2 aromatic rings. The normalized spacial score (nSPS) is 20.7. The molecule has 1 aromatic carbocycles. The number of benzene rings is 1. The number of likely N-dealkylation sites (N-methyl/N-ethyl adjacent to an activating group) is 1. The Morgan fingerprint density at radius 3 is 2.38 bits per heavy atom. The van der Waals surface area contributed by atoms with E-state index >= 15 is 0 Å². The van der Waals surface area contributed by atoms with Crippen LogP contribution in [-0.2, 0) is 6.54 Å². The van der Waals surface area contributed by atoms with Gasteiger partial charge in [0.25, 0.3) is 0 Å². The van der Waals surface area contributed by atoms with E-state index in [1.54, 1.807) is 7.11 Å². The summed E-state index contributed by atoms with van der Waals surface area (Å²) >= 11 is 0. The van der Waals surface area contributed by atoms with Gasteiger partial charge in [0.1, 0.15) is 5.75 Å². The van der Waals surface area contributed by atoms with Gasteiger partial charge >= 0.3 is 0 Å². The lowest BCUT2D eigenvalue weighted by atomic mass is 9.98. The molecule has 2 heterocycles. The zero-order valence-electron chi connectivity index (χ0n) is 16.4. The van der Waals surface area contributed by atoms with Crippen molar-refractivity contribution in [2.24, 2.45) is 5.92 Å². The molecule has 0 amide bonds. The van der Waals surface area contributed by atoms with Crippen molar-refractivity contribution in [2.45, 2.75) is 32.4 Å². The van der Waals surface area contributed by atoms with Crippen LogP contribution < -0.4 is 4.74 Å². The average molecular weight is 354 g/mol. The highest BCUT2D eigenvalue weighted by molar-refractivity contribution is 5.55. The van der Waals surface area contributed by atoms with Gasteiger partial charge in [-0.1, -0.05) is 13.3 Å². The molecule has 1 aliphatic rings. The fourth-order valence-electron chi connectivity index (χ4n) is 3.89. The number of aromatic nitrogens is 2. The summed E-state index contributed by atoms with van der Waals surface area (Å²) in [6.45, 7) is 5.49. The lowest BCUT2D eigenvalue weighted by molar-refractivity contribution is 0.238. The van der Waals surface area contributed by atoms with Crippen molar-refractivity contribution in [1.29, 1.82) is 0 Å². The van der Waals surface area contributed by atoms with Crippen LogP contribution in [-0.4, -0.2) is 60.1 Å². The Bertz CT molecular complexity index is 684. The predicted octanol–water partition coefficient (Wildman–Crippen LogP) is 3.31. The monoisotopic (exact) mass is 354 g/mol. The third-order valence-corrected chi connectivity index (χ3v) is 5.26. The minimum absolute atomic E-state index is 0.648. The molecule has 0 aliphatic carbocycles. The van der Waals surface area contributed by atoms with Crippen LogP contribution in [0.3, 0.4) is 0 Å². The van der Waals surface area contributed by atoms with E-state index in [2.05, 4.69) is 40.8 Å². The molecule has 26 heavy (non-hydrogen) atoms. The summed E-state index contributed by atoms with van der Waals surface area (Å²) < 4.78 is 5.20. The van der Waals surface area contributed by atoms with Crippen molar-refractivity contribution >= 4 is 0 Å². The van der Waals surface area contributed by atoms with E-state index in [-0.39, 0.29) is 0 Å². The number of nitrogens with zero attached hydrogens (tertiary/aromatic N) is 4. The summed E-state index contributed by atoms with van der Waals surface area (Å²) in [4.78, 5) is 14.1. The van der Waals surface area contributed by atoms with E-state index in [1.165, 1.54) is 18.4 Å². The fraction of sp³-hybridized carbons (Fsp3) is 0.524. The van der Waals surface area contributed by atoms with Crippen molar-refractivity contribution < 1.29 is 4.74 Å². The largest absolute Gasteiger partial charge is 0.497 e. The Morgan fingerprint density at radius 2 is 1.81 bits per heavy atom. The number of hydrogen-bond donors (Lipinski definition) is 0. The lowest BCUT2D eigenvalue weighted by Crippen LogP contribution is -2.35. The average Bonchev–Trinajstić information content (AvgIpc) is 3.05. The van der Waals surface area contributed by atoms with Crippen LogP contribution in [0.15, 0.2) is 36.7 Å². The van der Waals surface area contributed by atoms with Crippen LogP contribution in [0.1, 0.15) is 25.3 Å². The Kier molecular flexibility index (Phi) is 6.22. The second-order valence-corrected chi connectivity index (χ2v) is 7.42. The number of rotatable bonds is 7. The first kappa shape index (κ1) is 18.8. The maximum atomic E-state index is 5.20. The van der Waals surface area contributed by atoms with Gasteiger partial charge in [0.2, 0.25) is 0 Å². The van der Waals surface area contributed by atoms with Crippen LogP contribution in [0.2, 0.25) is 0 Å². The quantitative estimate of drug-likeness (QED) is 0.763. The third kappa shape index (κ3) is 4.40. The molecule has 2 atom stereocenters. The molecule has 1 aliphatic heterocycles. The Labute approximate surface area is 157 Å². The van der Waals surface area contributed by atoms with Crippen molar-refractivity contribution in [2.75, 3.05) is 34.3 Å². The molecule has 2 unspecified atom stereocenters. The van der Waals surface area contributed by atoms with Gasteiger partial charge in [-0.05, 0) is 50.7 Å². The van der Waals surface area contributed by atoms with Crippen LogP contribution >= 0.6 is 0 Å². The highest BCUT2D eigenvalue weighted by Crippen LogP contribution is 2.26. The van der Waals surface area contributed by atoms with Crippen LogP contribution in [0.25, 0.3) is 11.4 Å². The molecular formula is C21H30N4O. The Balaban J connectivity index is 1.64. The standard InChI is InChI=1S/C21H30N4O/c1-5-6-18-14-25(15-20(18)24(2)3)13-16-11-22-21(23-12-16)17-7-9-19(26-4)10-8-17/h7-12,18,20H,5-6,13-15H2,1-4H3. The molecule has 1 fully saturated rings. The highest BCUT2D eigenvalue weighted by atomic mass is 16.5. The first-order valence-corrected chi connectivity index (χ1v) is 9.44. The third-order valence-electron chi connectivity index (χ3n) is 5.26. The first-order chi connectivity index (χ1) is 12.6. The molecule has 0 bridgehead atoms. The Hall–Kier alpha value is -1.98. The van der Waals surface area contributed by atoms with Crippen LogP contribution in [0, 0.1) is 5.92 Å². The second-order valence-electron chi connectivity index (χ2n) is 7.42. The molecule has 0 N–H and O–H groups in total. The molecule has 1 saturated heterocycles. The lowest BCUT2D eigenvalue weighted by Gasteiger charge is -2.24. The van der Waals surface area contributed by atoms with E-state index in [0.717, 1.165) is 42.7 Å². The van der Waals surface area contributed by atoms with Crippen LogP contribution in [0.5, 0.6) is 5.75 Å². The first-order valence-electron chi connectivity index (χ1n) is 9.44. The number of methoxy groups -OCH3 is 1. The zero-order chi connectivity index (χ0) is 18.5. The minimum Gasteiger partial charge on any atom is -0.497 e. The SMILES string of the molecule is CCCC1CN(Cc2cnc(-c3ccc(OC)cc3)nc2)CC1N(C)C. The second kappa shape index (κ2) is 8.60. The minimum atomic E-state index is 0.648. The molecular weight excluding hydrogens is 324 g/mol. The molecule has 5 heteroatoms. The maximum Gasteiger partial charge on any atom is 0.159 e. The maximum absolute atomic E-state index is 5.20. The highest BCUT2D eigenvalue weighted by Gasteiger charge is 2.33. The van der Waals surface area contributed by atoms with E-state index < -0.39 is 0 Å². The van der Waals surface area contributed by atoms with Gasteiger partial charge in [0.15, 0.2) is 5.82 Å². The molecule has 0 radical (unpaired) electrons. The summed E-state index contributed by atoms with van der Waals surface area (Å²) in [6, 6.07) is 8.50. The van der Waals surface area contributed by atoms with Crippen molar-refractivity contribution in [1.82, 2.24) is 19.8 Å². The van der Waals surface area contributed by atoms with Crippen molar-refractivity contribution in [3.63, 3.8) is 0 Å². The van der Waals surface area contributed by atoms with E-state index in [9.17, 15) is 0 Å². The van der Waals surface area contributed by atoms with Crippen LogP contribution in [0.4, 0.5) is 0 Å². The summed E-state index contributed by atoms with van der Waals surface area (Å²) in [6.07, 6.45) is 6.48. The molecule has 140 valence electrons. The van der Waals surface area contributed by atoms with E-state index in [4.69, 9.17) is 4.74 Å². The number of ether oxygens (including phenoxy) is 1. The van der Waals surface area contributed by atoms with Gasteiger partial charge in [-0.25, -0.2) is 9.97 Å². The van der Waals surface area contributed by atoms with E-state index in [0.29, 0.717) is 6.04 Å². The fourth-order valence-corrected chi connectivity index (χ4v) is 3.89. The molecule has 0 spiro atoms. The molecule has 3 rings (SSSR count). The number of hydrogen-bond acceptors (Lipinski definition) is 5. The topological polar surface area (TPSA) is 41.5 Å². The summed E-state index contributed by atoms with van der Waals surface area (Å²) in [5.41, 5.74) is 2.19. The number of likely N-dealkylation sites (tertiary alicyclic amines) is 1. The molecule has 5 nitrogen and oxygen atoms in total. The van der Waals surface area contributed by atoms with Crippen molar-refractivity contribution in [3.05, 3.63) is 42.2 Å². The van der Waals surface area contributed by atoms with Gasteiger partial charge < -0.3 is 9.64 Å². The Morgan fingerprint density at radius 1 is 1.12 bits per heavy atom. The predicted molar refractivity (Wildman–Crippen MR) is 105 cm³/mol. The van der Waals surface area contributed by atoms with Gasteiger partial charge in [0.05, 0.1) is 7.11 Å².